The van der Waals surface area contributed by atoms with Crippen LogP contribution in [0.2, 0.25) is 0 Å². The van der Waals surface area contributed by atoms with Gasteiger partial charge in [-0.05, 0) is 0 Å². The number of allylic oxidation sites excluding steroid dienone is 8. The molecule has 0 spiro atoms. The van der Waals surface area contributed by atoms with Gasteiger partial charge in [-0.3, -0.25) is 0 Å². The van der Waals surface area contributed by atoms with E-state index in [1.54, 1.807) is 17.8 Å². The Morgan fingerprint density at radius 1 is 0.824 bits per heavy atom. The van der Waals surface area contributed by atoms with E-state index in [-0.39, 0.29) is 22.9 Å². The first kappa shape index (κ1) is 13.3. The summed E-state index contributed by atoms with van der Waals surface area (Å²) in [6.07, 6.45) is 11.9. The van der Waals surface area contributed by atoms with Crippen LogP contribution >= 0.6 is 0 Å². The van der Waals surface area contributed by atoms with E-state index in [0.717, 1.165) is 0 Å². The summed E-state index contributed by atoms with van der Waals surface area (Å²) in [5, 5.41) is 0. The molecule has 1 heteroatoms. The molecule has 0 N–H and O–H groups in total. The molecule has 0 unspecified atom stereocenters. The molecule has 89 valence electrons. The molecular formula is C16H22Sc. The van der Waals surface area contributed by atoms with Crippen LogP contribution in [0.3, 0.4) is 0 Å². The third kappa shape index (κ3) is 2.99. The van der Waals surface area contributed by atoms with Crippen LogP contribution in [0.4, 0.5) is 0 Å². The first-order valence-electron chi connectivity index (χ1n) is 6.73. The van der Waals surface area contributed by atoms with Gasteiger partial charge in [0, 0.05) is 0 Å². The maximum atomic E-state index is 2.37. The molecule has 0 aliphatic heterocycles. The van der Waals surface area contributed by atoms with Gasteiger partial charge in [0.1, 0.15) is 0 Å². The third-order valence-electron chi connectivity index (χ3n) is 3.60. The summed E-state index contributed by atoms with van der Waals surface area (Å²) in [7, 11) is 0. The van der Waals surface area contributed by atoms with Crippen LogP contribution in [0, 0.1) is 11.8 Å². The van der Waals surface area contributed by atoms with Crippen molar-refractivity contribution in [1.29, 1.82) is 0 Å². The van der Waals surface area contributed by atoms with E-state index in [1.807, 2.05) is 0 Å². The van der Waals surface area contributed by atoms with Crippen molar-refractivity contribution in [1.82, 2.24) is 0 Å². The summed E-state index contributed by atoms with van der Waals surface area (Å²) >= 11 is -0.354. The summed E-state index contributed by atoms with van der Waals surface area (Å²) in [5.41, 5.74) is 3.29. The van der Waals surface area contributed by atoms with Crippen molar-refractivity contribution in [3.05, 3.63) is 42.1 Å². The number of rotatable bonds is 4. The Morgan fingerprint density at radius 3 is 1.59 bits per heavy atom. The van der Waals surface area contributed by atoms with Crippen LogP contribution in [0.5, 0.6) is 0 Å². The van der Waals surface area contributed by atoms with Gasteiger partial charge in [-0.1, -0.05) is 0 Å². The Labute approximate surface area is 117 Å². The second-order valence-electron chi connectivity index (χ2n) is 5.63. The van der Waals surface area contributed by atoms with Gasteiger partial charge in [-0.2, -0.15) is 0 Å². The van der Waals surface area contributed by atoms with Gasteiger partial charge in [0.05, 0.1) is 0 Å². The monoisotopic (exact) mass is 259 g/mol. The molecule has 0 nitrogen and oxygen atoms in total. The van der Waals surface area contributed by atoms with Crippen LogP contribution in [0.15, 0.2) is 42.1 Å². The normalized spacial score (nSPS) is 19.2. The van der Waals surface area contributed by atoms with Gasteiger partial charge in [-0.15, -0.1) is 0 Å². The third-order valence-corrected chi connectivity index (χ3v) is 6.47. The summed E-state index contributed by atoms with van der Waals surface area (Å²) in [4.78, 5) is 0. The molecule has 0 aromatic heterocycles. The van der Waals surface area contributed by atoms with E-state index in [4.69, 9.17) is 0 Å². The van der Waals surface area contributed by atoms with Crippen LogP contribution < -0.4 is 0 Å². The van der Waals surface area contributed by atoms with Crippen LogP contribution in [0.1, 0.15) is 40.5 Å². The molecular weight excluding hydrogens is 237 g/mol. The van der Waals surface area contributed by atoms with Gasteiger partial charge >= 0.3 is 117 Å². The Morgan fingerprint density at radius 2 is 1.24 bits per heavy atom. The average molecular weight is 259 g/mol. The first-order chi connectivity index (χ1) is 8.09. The minimum atomic E-state index is -0.354. The van der Waals surface area contributed by atoms with E-state index in [2.05, 4.69) is 52.0 Å². The van der Waals surface area contributed by atoms with Gasteiger partial charge in [0.2, 0.25) is 0 Å². The predicted molar refractivity (Wildman–Crippen MR) is 71.2 cm³/mol. The van der Waals surface area contributed by atoms with Crippen molar-refractivity contribution < 1.29 is 22.9 Å². The SMILES string of the molecule is CC(C)C1=[C]([Sc][C]2=C(C(C)C)C=CC2)CC=C1. The van der Waals surface area contributed by atoms with Gasteiger partial charge in [-0.25, -0.2) is 0 Å². The molecule has 0 atom stereocenters. The fourth-order valence-corrected chi connectivity index (χ4v) is 6.01. The molecule has 17 heavy (non-hydrogen) atoms. The first-order valence-corrected chi connectivity index (χ1v) is 8.53. The van der Waals surface area contributed by atoms with Crippen molar-refractivity contribution in [2.24, 2.45) is 11.8 Å². The van der Waals surface area contributed by atoms with Gasteiger partial charge in [0.15, 0.2) is 0 Å². The molecule has 0 amide bonds. The fourth-order valence-electron chi connectivity index (χ4n) is 2.70. The van der Waals surface area contributed by atoms with E-state index in [0.29, 0.717) is 11.8 Å². The molecule has 0 radical (unpaired) electrons. The second-order valence-corrected chi connectivity index (χ2v) is 8.26. The standard InChI is InChI=1S/2C8H11.Sc/c2*1-7(2)8-5-3-4-6-8;/h2*3,5,7H,4H2,1-2H3;. The molecule has 0 aromatic carbocycles. The van der Waals surface area contributed by atoms with E-state index < -0.39 is 0 Å². The van der Waals surface area contributed by atoms with Gasteiger partial charge in [0.25, 0.3) is 0 Å². The Balaban J connectivity index is 2.18. The number of hydrogen-bond acceptors (Lipinski definition) is 0. The van der Waals surface area contributed by atoms with Crippen LogP contribution in [-0.2, 0) is 22.9 Å². The predicted octanol–water partition coefficient (Wildman–Crippen LogP) is 4.81. The van der Waals surface area contributed by atoms with Crippen molar-refractivity contribution in [3.63, 3.8) is 0 Å². The molecule has 0 aromatic rings. The van der Waals surface area contributed by atoms with Gasteiger partial charge < -0.3 is 0 Å². The van der Waals surface area contributed by atoms with Crippen molar-refractivity contribution >= 4 is 0 Å². The van der Waals surface area contributed by atoms with Crippen LogP contribution in [-0.4, -0.2) is 0 Å². The zero-order valence-corrected chi connectivity index (χ0v) is 13.3. The Hall–Kier alpha value is -0.170. The quantitative estimate of drug-likeness (QED) is 0.679. The molecule has 0 heterocycles. The Bertz CT molecular complexity index is 377. The number of hydrogen-bond donors (Lipinski definition) is 0. The minimum absolute atomic E-state index is 0.354. The Kier molecular flexibility index (Phi) is 4.41. The molecule has 2 rings (SSSR count). The zero-order valence-electron chi connectivity index (χ0n) is 11.5. The van der Waals surface area contributed by atoms with Crippen molar-refractivity contribution in [3.8, 4) is 0 Å². The summed E-state index contributed by atoms with van der Waals surface area (Å²) in [6.45, 7) is 9.30. The molecule has 0 saturated carbocycles. The summed E-state index contributed by atoms with van der Waals surface area (Å²) < 4.78 is 3.61. The molecule has 0 bridgehead atoms. The average Bonchev–Trinajstić information content (AvgIpc) is 2.86. The van der Waals surface area contributed by atoms with E-state index >= 15 is 0 Å². The van der Waals surface area contributed by atoms with E-state index in [9.17, 15) is 0 Å². The topological polar surface area (TPSA) is 0 Å². The molecule has 2 aliphatic carbocycles. The van der Waals surface area contributed by atoms with Crippen molar-refractivity contribution in [2.45, 2.75) is 40.5 Å². The molecule has 2 aliphatic rings. The maximum absolute atomic E-state index is 2.37. The van der Waals surface area contributed by atoms with Crippen molar-refractivity contribution in [2.75, 3.05) is 0 Å². The fraction of sp³-hybridized carbons (Fsp3) is 0.500. The van der Waals surface area contributed by atoms with E-state index in [1.165, 1.54) is 12.8 Å². The summed E-state index contributed by atoms with van der Waals surface area (Å²) in [5.74, 6) is 1.41. The summed E-state index contributed by atoms with van der Waals surface area (Å²) in [6, 6.07) is 0. The van der Waals surface area contributed by atoms with Crippen LogP contribution in [0.25, 0.3) is 0 Å². The second kappa shape index (κ2) is 5.65. The molecule has 0 fully saturated rings. The molecule has 0 saturated heterocycles. The zero-order chi connectivity index (χ0) is 12.4.